The quantitative estimate of drug-likeness (QED) is 0.824. The lowest BCUT2D eigenvalue weighted by atomic mass is 10.2. The Kier molecular flexibility index (Phi) is 5.62. The molecule has 3 rings (SSSR count). The van der Waals surface area contributed by atoms with Crippen molar-refractivity contribution >= 4 is 30.0 Å². The molecule has 0 bridgehead atoms. The highest BCUT2D eigenvalue weighted by Gasteiger charge is 2.23. The number of aromatic nitrogens is 3. The molecule has 124 valence electrons. The second-order valence-corrected chi connectivity index (χ2v) is 5.72. The minimum atomic E-state index is -0.119. The summed E-state index contributed by atoms with van der Waals surface area (Å²) in [5.74, 6) is 0.631. The van der Waals surface area contributed by atoms with E-state index < -0.39 is 0 Å². The van der Waals surface area contributed by atoms with E-state index in [-0.39, 0.29) is 24.0 Å². The van der Waals surface area contributed by atoms with Crippen LogP contribution in [0.5, 0.6) is 0 Å². The average molecular weight is 357 g/mol. The molecule has 1 saturated heterocycles. The van der Waals surface area contributed by atoms with Gasteiger partial charge < -0.3 is 9.64 Å². The molecule has 0 aromatic carbocycles. The molecule has 3 heterocycles. The predicted octanol–water partition coefficient (Wildman–Crippen LogP) is 2.14. The molecule has 1 atom stereocenters. The minimum Gasteiger partial charge on any atom is -0.377 e. The highest BCUT2D eigenvalue weighted by molar-refractivity contribution is 6.33. The van der Waals surface area contributed by atoms with Crippen LogP contribution in [0.2, 0.25) is 5.02 Å². The maximum atomic E-state index is 12.3. The van der Waals surface area contributed by atoms with Crippen LogP contribution in [-0.4, -0.2) is 40.3 Å². The van der Waals surface area contributed by atoms with E-state index in [4.69, 9.17) is 16.3 Å². The van der Waals surface area contributed by atoms with Gasteiger partial charge in [-0.25, -0.2) is 4.98 Å². The Labute approximate surface area is 145 Å². The number of hydrogen-bond donors (Lipinski definition) is 0. The molecule has 0 N–H and O–H groups in total. The summed E-state index contributed by atoms with van der Waals surface area (Å²) < 4.78 is 7.01. The van der Waals surface area contributed by atoms with Gasteiger partial charge in [-0.2, -0.15) is 0 Å². The third kappa shape index (κ3) is 3.49. The van der Waals surface area contributed by atoms with Gasteiger partial charge in [-0.3, -0.25) is 14.3 Å². The Balaban J connectivity index is 0.00000192. The summed E-state index contributed by atoms with van der Waals surface area (Å²) in [6, 6.07) is 3.42. The fourth-order valence-electron chi connectivity index (χ4n) is 2.53. The lowest BCUT2D eigenvalue weighted by Gasteiger charge is -2.35. The third-order valence-electron chi connectivity index (χ3n) is 3.78. The molecule has 0 unspecified atom stereocenters. The van der Waals surface area contributed by atoms with Crippen LogP contribution in [0.1, 0.15) is 6.92 Å². The smallest absolute Gasteiger partial charge is 0.255 e. The van der Waals surface area contributed by atoms with E-state index >= 15 is 0 Å². The zero-order valence-electron chi connectivity index (χ0n) is 12.9. The summed E-state index contributed by atoms with van der Waals surface area (Å²) in [5.41, 5.74) is 1.15. The fraction of sp³-hybridized carbons (Fsp3) is 0.400. The van der Waals surface area contributed by atoms with Gasteiger partial charge in [0.1, 0.15) is 0 Å². The summed E-state index contributed by atoms with van der Waals surface area (Å²) in [6.07, 6.45) is 3.19. The Hall–Kier alpha value is -1.63. The van der Waals surface area contributed by atoms with Crippen molar-refractivity contribution in [3.05, 3.63) is 39.9 Å². The summed E-state index contributed by atoms with van der Waals surface area (Å²) in [4.78, 5) is 23.0. The molecule has 2 aromatic rings. The van der Waals surface area contributed by atoms with Crippen molar-refractivity contribution in [2.45, 2.75) is 13.0 Å². The first-order chi connectivity index (χ1) is 10.6. The number of halogens is 2. The van der Waals surface area contributed by atoms with Crippen LogP contribution >= 0.6 is 24.0 Å². The van der Waals surface area contributed by atoms with Gasteiger partial charge in [-0.1, -0.05) is 11.6 Å². The predicted molar refractivity (Wildman–Crippen MR) is 92.6 cm³/mol. The Bertz CT molecular complexity index is 750. The zero-order valence-corrected chi connectivity index (χ0v) is 14.5. The first-order valence-electron chi connectivity index (χ1n) is 7.10. The van der Waals surface area contributed by atoms with Crippen molar-refractivity contribution in [1.82, 2.24) is 14.5 Å². The van der Waals surface area contributed by atoms with Crippen LogP contribution in [0.15, 0.2) is 29.3 Å². The van der Waals surface area contributed by atoms with E-state index in [1.165, 1.54) is 6.07 Å². The van der Waals surface area contributed by atoms with Gasteiger partial charge in [-0.15, -0.1) is 12.4 Å². The van der Waals surface area contributed by atoms with Crippen molar-refractivity contribution in [2.75, 3.05) is 24.7 Å². The molecular weight excluding hydrogens is 339 g/mol. The second kappa shape index (κ2) is 7.29. The SMILES string of the molecule is C[C@@H]1COCCN1c1nc(-c2ccncc2Cl)cc(=O)n1C.Cl. The van der Waals surface area contributed by atoms with Crippen LogP contribution in [0.4, 0.5) is 5.95 Å². The van der Waals surface area contributed by atoms with E-state index in [0.29, 0.717) is 42.0 Å². The molecular formula is C15H18Cl2N4O2. The van der Waals surface area contributed by atoms with Crippen molar-refractivity contribution in [2.24, 2.45) is 7.05 Å². The maximum absolute atomic E-state index is 12.3. The van der Waals surface area contributed by atoms with Gasteiger partial charge in [0, 0.05) is 37.6 Å². The molecule has 6 nitrogen and oxygen atoms in total. The molecule has 0 spiro atoms. The van der Waals surface area contributed by atoms with Gasteiger partial charge in [-0.05, 0) is 13.0 Å². The first-order valence-corrected chi connectivity index (χ1v) is 7.48. The number of anilines is 1. The molecule has 0 radical (unpaired) electrons. The van der Waals surface area contributed by atoms with E-state index in [0.717, 1.165) is 0 Å². The van der Waals surface area contributed by atoms with Crippen LogP contribution < -0.4 is 10.5 Å². The van der Waals surface area contributed by atoms with Crippen LogP contribution in [0.3, 0.4) is 0 Å². The van der Waals surface area contributed by atoms with Gasteiger partial charge in [0.05, 0.1) is 30.0 Å². The monoisotopic (exact) mass is 356 g/mol. The Morgan fingerprint density at radius 1 is 1.43 bits per heavy atom. The van der Waals surface area contributed by atoms with Gasteiger partial charge in [0.25, 0.3) is 5.56 Å². The number of morpholine rings is 1. The van der Waals surface area contributed by atoms with Crippen molar-refractivity contribution < 1.29 is 4.74 Å². The summed E-state index contributed by atoms with van der Waals surface area (Å²) >= 11 is 6.17. The molecule has 1 fully saturated rings. The zero-order chi connectivity index (χ0) is 15.7. The highest BCUT2D eigenvalue weighted by atomic mass is 35.5. The molecule has 1 aliphatic heterocycles. The van der Waals surface area contributed by atoms with E-state index in [1.807, 2.05) is 0 Å². The first kappa shape index (κ1) is 17.7. The second-order valence-electron chi connectivity index (χ2n) is 5.31. The lowest BCUT2D eigenvalue weighted by Crippen LogP contribution is -2.46. The molecule has 0 amide bonds. The molecule has 1 aliphatic rings. The van der Waals surface area contributed by atoms with Crippen LogP contribution in [0.25, 0.3) is 11.3 Å². The molecule has 0 aliphatic carbocycles. The van der Waals surface area contributed by atoms with Crippen molar-refractivity contribution in [1.29, 1.82) is 0 Å². The number of ether oxygens (including phenoxy) is 1. The molecule has 8 heteroatoms. The van der Waals surface area contributed by atoms with E-state index in [1.54, 1.807) is 30.1 Å². The summed E-state index contributed by atoms with van der Waals surface area (Å²) in [6.45, 7) is 4.00. The Morgan fingerprint density at radius 2 is 2.22 bits per heavy atom. The average Bonchev–Trinajstić information content (AvgIpc) is 2.51. The number of hydrogen-bond acceptors (Lipinski definition) is 5. The lowest BCUT2D eigenvalue weighted by molar-refractivity contribution is 0.0976. The molecule has 2 aromatic heterocycles. The standard InChI is InChI=1S/C15H17ClN4O2.ClH/c1-10-9-22-6-5-20(10)15-18-13(7-14(21)19(15)2)11-3-4-17-8-12(11)16;/h3-4,7-8,10H,5-6,9H2,1-2H3;1H/t10-;/m1./s1. The normalized spacial score (nSPS) is 17.7. The van der Waals surface area contributed by atoms with Crippen LogP contribution in [0, 0.1) is 0 Å². The number of rotatable bonds is 2. The third-order valence-corrected chi connectivity index (χ3v) is 4.09. The van der Waals surface area contributed by atoms with Crippen LogP contribution in [-0.2, 0) is 11.8 Å². The summed E-state index contributed by atoms with van der Waals surface area (Å²) in [7, 11) is 1.73. The molecule has 0 saturated carbocycles. The number of nitrogens with zero attached hydrogens (tertiary/aromatic N) is 4. The minimum absolute atomic E-state index is 0. The van der Waals surface area contributed by atoms with Crippen molar-refractivity contribution in [3.63, 3.8) is 0 Å². The summed E-state index contributed by atoms with van der Waals surface area (Å²) in [5, 5.41) is 0.476. The van der Waals surface area contributed by atoms with Crippen molar-refractivity contribution in [3.8, 4) is 11.3 Å². The highest BCUT2D eigenvalue weighted by Crippen LogP contribution is 2.26. The number of pyridine rings is 1. The van der Waals surface area contributed by atoms with Gasteiger partial charge in [0.2, 0.25) is 5.95 Å². The van der Waals surface area contributed by atoms with Gasteiger partial charge >= 0.3 is 0 Å². The topological polar surface area (TPSA) is 60.2 Å². The Morgan fingerprint density at radius 3 is 2.91 bits per heavy atom. The van der Waals surface area contributed by atoms with Gasteiger partial charge in [0.15, 0.2) is 0 Å². The van der Waals surface area contributed by atoms with E-state index in [2.05, 4.69) is 21.8 Å². The molecule has 23 heavy (non-hydrogen) atoms. The largest absolute Gasteiger partial charge is 0.377 e. The fourth-order valence-corrected chi connectivity index (χ4v) is 2.75. The van der Waals surface area contributed by atoms with E-state index in [9.17, 15) is 4.79 Å². The maximum Gasteiger partial charge on any atom is 0.255 e.